The van der Waals surface area contributed by atoms with Crippen molar-refractivity contribution in [3.05, 3.63) is 41.5 Å². The second kappa shape index (κ2) is 6.44. The van der Waals surface area contributed by atoms with Crippen LogP contribution in [0.25, 0.3) is 0 Å². The summed E-state index contributed by atoms with van der Waals surface area (Å²) in [4.78, 5) is 14.0. The molecule has 0 spiro atoms. The molecule has 1 saturated heterocycles. The first-order valence-electron chi connectivity index (χ1n) is 8.11. The maximum atomic E-state index is 14.1. The number of β-amino-alcohol motifs (C(OH)–C–C–N with tert-alkyl or cyclic N) is 1. The van der Waals surface area contributed by atoms with Crippen LogP contribution < -0.4 is 4.74 Å². The lowest BCUT2D eigenvalue weighted by molar-refractivity contribution is 0.0380. The summed E-state index contributed by atoms with van der Waals surface area (Å²) in [6.07, 6.45) is 2.01. The van der Waals surface area contributed by atoms with Gasteiger partial charge in [0.1, 0.15) is 22.9 Å². The molecule has 25 heavy (non-hydrogen) atoms. The molecule has 2 aromatic rings. The first kappa shape index (κ1) is 17.3. The first-order valence-corrected chi connectivity index (χ1v) is 8.11. The second-order valence-corrected chi connectivity index (χ2v) is 6.53. The van der Waals surface area contributed by atoms with E-state index < -0.39 is 17.3 Å². The van der Waals surface area contributed by atoms with E-state index in [1.807, 2.05) is 13.8 Å². The monoisotopic (exact) mass is 348 g/mol. The molecule has 134 valence electrons. The van der Waals surface area contributed by atoms with E-state index in [2.05, 4.69) is 10.3 Å². The fraction of sp³-hybridized carbons (Fsp3) is 0.471. The van der Waals surface area contributed by atoms with Gasteiger partial charge >= 0.3 is 0 Å². The third kappa shape index (κ3) is 3.21. The van der Waals surface area contributed by atoms with E-state index in [-0.39, 0.29) is 18.2 Å². The Bertz CT molecular complexity index is 792. The van der Waals surface area contributed by atoms with Crippen LogP contribution in [0.5, 0.6) is 5.75 Å². The molecule has 1 aromatic heterocycles. The number of halogens is 1. The predicted octanol–water partition coefficient (Wildman–Crippen LogP) is 1.74. The number of ether oxygens (including phenoxy) is 1. The second-order valence-electron chi connectivity index (χ2n) is 6.53. The van der Waals surface area contributed by atoms with Crippen molar-refractivity contribution in [2.45, 2.75) is 31.9 Å². The number of hydrogen-bond acceptors (Lipinski definition) is 5. The first-order chi connectivity index (χ1) is 11.8. The molecule has 3 rings (SSSR count). The van der Waals surface area contributed by atoms with E-state index >= 15 is 0 Å². The molecule has 2 heterocycles. The minimum Gasteiger partial charge on any atom is -0.497 e. The molecular weight excluding hydrogens is 327 g/mol. The highest BCUT2D eigenvalue weighted by Crippen LogP contribution is 2.32. The average Bonchev–Trinajstić information content (AvgIpc) is 3.22. The molecule has 8 heteroatoms. The summed E-state index contributed by atoms with van der Waals surface area (Å²) in [7, 11) is 1.43. The van der Waals surface area contributed by atoms with Gasteiger partial charge in [-0.3, -0.25) is 4.79 Å². The lowest BCUT2D eigenvalue weighted by atomic mass is 10.00. The maximum Gasteiger partial charge on any atom is 0.256 e. The number of benzene rings is 1. The molecule has 1 N–H and O–H groups in total. The number of carbonyl (C=O) groups excluding carboxylic acids is 1. The molecule has 1 aromatic carbocycles. The number of amides is 1. The Balaban J connectivity index is 1.78. The van der Waals surface area contributed by atoms with Gasteiger partial charge < -0.3 is 14.7 Å². The zero-order valence-electron chi connectivity index (χ0n) is 14.4. The molecule has 1 unspecified atom stereocenters. The molecule has 0 aliphatic carbocycles. The highest BCUT2D eigenvalue weighted by Gasteiger charge is 2.42. The summed E-state index contributed by atoms with van der Waals surface area (Å²) in [6, 6.07) is 4.22. The normalized spacial score (nSPS) is 20.3. The molecule has 7 nitrogen and oxygen atoms in total. The molecule has 0 radical (unpaired) electrons. The molecule has 0 bridgehead atoms. The Morgan fingerprint density at radius 2 is 2.20 bits per heavy atom. The highest BCUT2D eigenvalue weighted by atomic mass is 19.1. The predicted molar refractivity (Wildman–Crippen MR) is 87.8 cm³/mol. The topological polar surface area (TPSA) is 80.5 Å². The maximum absolute atomic E-state index is 14.1. The number of nitrogens with zero attached hydrogens (tertiary/aromatic N) is 4. The minimum atomic E-state index is -1.27. The van der Waals surface area contributed by atoms with Gasteiger partial charge in [-0.2, -0.15) is 0 Å². The fourth-order valence-corrected chi connectivity index (χ4v) is 2.89. The summed E-state index contributed by atoms with van der Waals surface area (Å²) in [5.41, 5.74) is -0.895. The average molecular weight is 348 g/mol. The summed E-state index contributed by atoms with van der Waals surface area (Å²) in [5.74, 6) is -0.768. The molecular formula is C17H21FN4O3. The number of methoxy groups -OCH3 is 1. The SMILES string of the molecule is COc1ccc(C(=O)N2CCC(O)(c3cn(C(C)C)nn3)C2)c(F)c1. The van der Waals surface area contributed by atoms with Crippen molar-refractivity contribution in [3.63, 3.8) is 0 Å². The Labute approximate surface area is 145 Å². The highest BCUT2D eigenvalue weighted by molar-refractivity contribution is 5.95. The van der Waals surface area contributed by atoms with E-state index in [0.717, 1.165) is 0 Å². The molecule has 1 amide bonds. The van der Waals surface area contributed by atoms with Crippen LogP contribution in [0.3, 0.4) is 0 Å². The van der Waals surface area contributed by atoms with Gasteiger partial charge in [0.25, 0.3) is 5.91 Å². The summed E-state index contributed by atoms with van der Waals surface area (Å²) in [6.45, 7) is 4.28. The van der Waals surface area contributed by atoms with Gasteiger partial charge in [0.05, 0.1) is 25.4 Å². The van der Waals surface area contributed by atoms with E-state index in [1.165, 1.54) is 30.2 Å². The third-order valence-corrected chi connectivity index (χ3v) is 4.46. The van der Waals surface area contributed by atoms with E-state index in [9.17, 15) is 14.3 Å². The summed E-state index contributed by atoms with van der Waals surface area (Å²) in [5, 5.41) is 18.9. The van der Waals surface area contributed by atoms with Gasteiger partial charge in [-0.05, 0) is 26.0 Å². The van der Waals surface area contributed by atoms with Crippen LogP contribution in [0.4, 0.5) is 4.39 Å². The van der Waals surface area contributed by atoms with Crippen molar-refractivity contribution < 1.29 is 19.0 Å². The largest absolute Gasteiger partial charge is 0.497 e. The lowest BCUT2D eigenvalue weighted by Gasteiger charge is -2.21. The van der Waals surface area contributed by atoms with Crippen LogP contribution in [0.1, 0.15) is 42.4 Å². The number of carbonyl (C=O) groups is 1. The minimum absolute atomic E-state index is 0.0455. The number of aromatic nitrogens is 3. The van der Waals surface area contributed by atoms with Crippen molar-refractivity contribution >= 4 is 5.91 Å². The molecule has 1 atom stereocenters. The number of hydrogen-bond donors (Lipinski definition) is 1. The molecule has 1 aliphatic heterocycles. The zero-order chi connectivity index (χ0) is 18.2. The van der Waals surface area contributed by atoms with Crippen LogP contribution in [-0.2, 0) is 5.60 Å². The van der Waals surface area contributed by atoms with Crippen molar-refractivity contribution in [2.75, 3.05) is 20.2 Å². The van der Waals surface area contributed by atoms with E-state index in [1.54, 1.807) is 10.9 Å². The van der Waals surface area contributed by atoms with Gasteiger partial charge in [0.2, 0.25) is 0 Å². The number of likely N-dealkylation sites (tertiary alicyclic amines) is 1. The van der Waals surface area contributed by atoms with Gasteiger partial charge in [-0.15, -0.1) is 5.10 Å². The Kier molecular flexibility index (Phi) is 4.47. The molecule has 1 aliphatic rings. The van der Waals surface area contributed by atoms with Crippen LogP contribution in [0.2, 0.25) is 0 Å². The van der Waals surface area contributed by atoms with Gasteiger partial charge in [0.15, 0.2) is 0 Å². The standard InChI is InChI=1S/C17H21FN4O3/c1-11(2)22-9-15(19-20-22)17(24)6-7-21(10-17)16(23)13-5-4-12(25-3)8-14(13)18/h4-5,8-9,11,24H,6-7,10H2,1-3H3. The van der Waals surface area contributed by atoms with Gasteiger partial charge in [0, 0.05) is 25.1 Å². The summed E-state index contributed by atoms with van der Waals surface area (Å²) < 4.78 is 20.7. The molecule has 1 fully saturated rings. The van der Waals surface area contributed by atoms with Gasteiger partial charge in [-0.1, -0.05) is 5.21 Å². The zero-order valence-corrected chi connectivity index (χ0v) is 14.4. The van der Waals surface area contributed by atoms with Crippen molar-refractivity contribution in [1.29, 1.82) is 0 Å². The van der Waals surface area contributed by atoms with Crippen molar-refractivity contribution in [1.82, 2.24) is 19.9 Å². The van der Waals surface area contributed by atoms with Crippen LogP contribution in [0.15, 0.2) is 24.4 Å². The quantitative estimate of drug-likeness (QED) is 0.910. The number of rotatable bonds is 4. The Hall–Kier alpha value is -2.48. The van der Waals surface area contributed by atoms with Gasteiger partial charge in [-0.25, -0.2) is 9.07 Å². The van der Waals surface area contributed by atoms with Crippen molar-refractivity contribution in [3.8, 4) is 5.75 Å². The van der Waals surface area contributed by atoms with E-state index in [0.29, 0.717) is 24.4 Å². The Morgan fingerprint density at radius 1 is 1.44 bits per heavy atom. The molecule has 0 saturated carbocycles. The van der Waals surface area contributed by atoms with Crippen molar-refractivity contribution in [2.24, 2.45) is 0 Å². The summed E-state index contributed by atoms with van der Waals surface area (Å²) >= 11 is 0. The lowest BCUT2D eigenvalue weighted by Crippen LogP contribution is -2.35. The van der Waals surface area contributed by atoms with Crippen LogP contribution in [0, 0.1) is 5.82 Å². The van der Waals surface area contributed by atoms with E-state index in [4.69, 9.17) is 4.74 Å². The Morgan fingerprint density at radius 3 is 2.80 bits per heavy atom. The fourth-order valence-electron chi connectivity index (χ4n) is 2.89. The van der Waals surface area contributed by atoms with Crippen LogP contribution in [-0.4, -0.2) is 51.1 Å². The number of aliphatic hydroxyl groups is 1. The third-order valence-electron chi connectivity index (χ3n) is 4.46. The smallest absolute Gasteiger partial charge is 0.256 e. The van der Waals surface area contributed by atoms with Crippen LogP contribution >= 0.6 is 0 Å².